The molecular weight excluding hydrogens is 348 g/mol. The molecule has 0 bridgehead atoms. The van der Waals surface area contributed by atoms with Gasteiger partial charge in [-0.25, -0.2) is 0 Å². The predicted molar refractivity (Wildman–Crippen MR) is 110 cm³/mol. The van der Waals surface area contributed by atoms with Crippen LogP contribution in [0, 0.1) is 22.7 Å². The monoisotopic (exact) mass is 382 g/mol. The fraction of sp³-hybridized carbons (Fsp3) is 0.720. The van der Waals surface area contributed by atoms with E-state index in [0.29, 0.717) is 17.6 Å². The van der Waals surface area contributed by atoms with Crippen molar-refractivity contribution in [3.05, 3.63) is 34.4 Å². The van der Waals surface area contributed by atoms with Crippen molar-refractivity contribution in [3.8, 4) is 0 Å². The Bertz CT molecular complexity index is 802. The van der Waals surface area contributed by atoms with Crippen molar-refractivity contribution in [1.82, 2.24) is 0 Å². The zero-order valence-corrected chi connectivity index (χ0v) is 17.9. The van der Waals surface area contributed by atoms with E-state index >= 15 is 0 Å². The first-order valence-electron chi connectivity index (χ1n) is 11.2. The number of hydrogen-bond acceptors (Lipinski definition) is 3. The molecule has 0 amide bonds. The number of fused-ring (bicyclic) bond motifs is 4. The largest absolute Gasteiger partial charge is 0.349 e. The zero-order valence-electron chi connectivity index (χ0n) is 17.9. The highest BCUT2D eigenvalue weighted by Crippen LogP contribution is 2.59. The first-order valence-corrected chi connectivity index (χ1v) is 11.2. The topological polar surface area (TPSA) is 35.5 Å². The molecule has 3 atom stereocenters. The fourth-order valence-electron chi connectivity index (χ4n) is 6.48. The molecule has 0 aromatic carbocycles. The van der Waals surface area contributed by atoms with Gasteiger partial charge < -0.3 is 9.47 Å². The minimum absolute atomic E-state index is 0.118. The second-order valence-electron chi connectivity index (χ2n) is 10.8. The molecule has 28 heavy (non-hydrogen) atoms. The van der Waals surface area contributed by atoms with Crippen molar-refractivity contribution < 1.29 is 14.3 Å². The lowest BCUT2D eigenvalue weighted by atomic mass is 9.58. The van der Waals surface area contributed by atoms with Crippen molar-refractivity contribution in [3.63, 3.8) is 0 Å². The molecule has 1 aliphatic heterocycles. The molecule has 0 unspecified atom stereocenters. The number of ketones is 1. The summed E-state index contributed by atoms with van der Waals surface area (Å²) >= 11 is 0. The van der Waals surface area contributed by atoms with E-state index in [9.17, 15) is 4.79 Å². The van der Waals surface area contributed by atoms with E-state index in [0.717, 1.165) is 57.3 Å². The summed E-state index contributed by atoms with van der Waals surface area (Å²) in [4.78, 5) is 13.0. The molecule has 152 valence electrons. The van der Waals surface area contributed by atoms with Gasteiger partial charge in [0, 0.05) is 23.7 Å². The van der Waals surface area contributed by atoms with E-state index in [4.69, 9.17) is 9.47 Å². The molecule has 0 N–H and O–H groups in total. The third kappa shape index (κ3) is 2.65. The van der Waals surface area contributed by atoms with Crippen LogP contribution in [-0.4, -0.2) is 24.8 Å². The Balaban J connectivity index is 1.42. The smallest absolute Gasteiger partial charge is 0.172 e. The van der Waals surface area contributed by atoms with Gasteiger partial charge in [-0.15, -0.1) is 0 Å². The maximum absolute atomic E-state index is 13.0. The Morgan fingerprint density at radius 2 is 1.89 bits per heavy atom. The Labute approximate surface area is 169 Å². The molecule has 1 saturated carbocycles. The summed E-state index contributed by atoms with van der Waals surface area (Å²) in [7, 11) is 0. The molecule has 0 aromatic rings. The van der Waals surface area contributed by atoms with Crippen LogP contribution in [0.3, 0.4) is 0 Å². The van der Waals surface area contributed by atoms with Gasteiger partial charge in [-0.05, 0) is 67.6 Å². The summed E-state index contributed by atoms with van der Waals surface area (Å²) in [6, 6.07) is 0. The summed E-state index contributed by atoms with van der Waals surface area (Å²) in [5.41, 5.74) is 5.73. The Morgan fingerprint density at radius 1 is 1.14 bits per heavy atom. The number of Topliss-reactive ketones (excluding diaryl/α,β-unsaturated/α-hetero) is 1. The summed E-state index contributed by atoms with van der Waals surface area (Å²) in [6.07, 6.45) is 11.6. The van der Waals surface area contributed by atoms with Gasteiger partial charge in [0.15, 0.2) is 11.6 Å². The van der Waals surface area contributed by atoms with Crippen molar-refractivity contribution in [2.24, 2.45) is 22.7 Å². The van der Waals surface area contributed by atoms with Gasteiger partial charge in [-0.2, -0.15) is 0 Å². The van der Waals surface area contributed by atoms with Crippen LogP contribution in [-0.2, 0) is 14.3 Å². The van der Waals surface area contributed by atoms with E-state index in [1.807, 2.05) is 6.92 Å². The molecule has 1 saturated heterocycles. The van der Waals surface area contributed by atoms with Crippen LogP contribution in [0.25, 0.3) is 0 Å². The molecule has 0 radical (unpaired) electrons. The lowest BCUT2D eigenvalue weighted by molar-refractivity contribution is -0.302. The predicted octanol–water partition coefficient (Wildman–Crippen LogP) is 5.52. The Hall–Kier alpha value is -1.19. The number of carbonyl (C=O) groups is 1. The van der Waals surface area contributed by atoms with Gasteiger partial charge in [-0.1, -0.05) is 38.5 Å². The van der Waals surface area contributed by atoms with Crippen molar-refractivity contribution in [2.75, 3.05) is 13.2 Å². The first kappa shape index (κ1) is 18.8. The van der Waals surface area contributed by atoms with Crippen molar-refractivity contribution in [1.29, 1.82) is 0 Å². The van der Waals surface area contributed by atoms with E-state index in [1.54, 1.807) is 16.7 Å². The molecule has 1 spiro atoms. The van der Waals surface area contributed by atoms with Gasteiger partial charge >= 0.3 is 0 Å². The highest BCUT2D eigenvalue weighted by molar-refractivity contribution is 6.02. The normalized spacial score (nSPS) is 40.2. The van der Waals surface area contributed by atoms with Gasteiger partial charge in [0.05, 0.1) is 13.2 Å². The maximum atomic E-state index is 13.0. The molecule has 3 nitrogen and oxygen atoms in total. The van der Waals surface area contributed by atoms with Crippen molar-refractivity contribution in [2.45, 2.75) is 78.4 Å². The second kappa shape index (κ2) is 6.15. The van der Waals surface area contributed by atoms with E-state index in [2.05, 4.69) is 32.9 Å². The summed E-state index contributed by atoms with van der Waals surface area (Å²) in [5.74, 6) is 1.07. The summed E-state index contributed by atoms with van der Waals surface area (Å²) in [6.45, 7) is 10.2. The third-order valence-electron chi connectivity index (χ3n) is 8.27. The van der Waals surface area contributed by atoms with Gasteiger partial charge in [0.25, 0.3) is 0 Å². The highest BCUT2D eigenvalue weighted by atomic mass is 16.7. The fourth-order valence-corrected chi connectivity index (χ4v) is 6.48. The first-order chi connectivity index (χ1) is 13.3. The van der Waals surface area contributed by atoms with E-state index < -0.39 is 0 Å². The van der Waals surface area contributed by atoms with Gasteiger partial charge in [0.2, 0.25) is 0 Å². The molecule has 2 fully saturated rings. The quantitative estimate of drug-likeness (QED) is 0.518. The second-order valence-corrected chi connectivity index (χ2v) is 10.8. The molecule has 5 aliphatic rings. The van der Waals surface area contributed by atoms with Crippen LogP contribution in [0.5, 0.6) is 0 Å². The number of rotatable bonds is 0. The minimum Gasteiger partial charge on any atom is -0.349 e. The molecule has 1 heterocycles. The lowest BCUT2D eigenvalue weighted by Gasteiger charge is -2.50. The number of ether oxygens (including phenoxy) is 2. The van der Waals surface area contributed by atoms with E-state index in [-0.39, 0.29) is 16.6 Å². The lowest BCUT2D eigenvalue weighted by Crippen LogP contribution is -2.49. The number of carbonyl (C=O) groups excluding carboxylic acids is 1. The maximum Gasteiger partial charge on any atom is 0.172 e. The standard InChI is InChI=1S/C25H34O3/c1-5-16-12-21-20-7-6-17-13-25(27-14-23(2,3)15-28-25)11-9-18(17)19(20)8-10-24(21,4)22(16)26/h5,8,20-21H,6-7,9-15H2,1-4H3/b16-5+/t20-,21+,24+/m1/s1. The van der Waals surface area contributed by atoms with E-state index in [1.165, 1.54) is 6.42 Å². The van der Waals surface area contributed by atoms with Crippen LogP contribution in [0.15, 0.2) is 34.4 Å². The van der Waals surface area contributed by atoms with Crippen LogP contribution in [0.4, 0.5) is 0 Å². The average molecular weight is 383 g/mol. The Kier molecular flexibility index (Phi) is 4.13. The number of hydrogen-bond donors (Lipinski definition) is 0. The zero-order chi connectivity index (χ0) is 19.7. The van der Waals surface area contributed by atoms with Crippen molar-refractivity contribution >= 4 is 5.78 Å². The van der Waals surface area contributed by atoms with Crippen LogP contribution < -0.4 is 0 Å². The highest BCUT2D eigenvalue weighted by Gasteiger charge is 2.55. The average Bonchev–Trinajstić information content (AvgIpc) is 2.95. The summed E-state index contributed by atoms with van der Waals surface area (Å²) < 4.78 is 12.6. The van der Waals surface area contributed by atoms with Crippen LogP contribution >= 0.6 is 0 Å². The molecule has 4 aliphatic carbocycles. The third-order valence-corrected chi connectivity index (χ3v) is 8.27. The Morgan fingerprint density at radius 3 is 2.61 bits per heavy atom. The molecule has 5 rings (SSSR count). The van der Waals surface area contributed by atoms with Gasteiger partial charge in [-0.3, -0.25) is 4.79 Å². The minimum atomic E-state index is -0.383. The molecule has 0 aromatic heterocycles. The summed E-state index contributed by atoms with van der Waals surface area (Å²) in [5, 5.41) is 0. The SMILES string of the molecule is C/C=C1\C[C@H]2[C@@H]3CCC4=C(CCC5(C4)OCC(C)(C)CO5)C3=CC[C@]2(C)C1=O. The van der Waals surface area contributed by atoms with Gasteiger partial charge in [0.1, 0.15) is 0 Å². The molecule has 3 heteroatoms. The van der Waals surface area contributed by atoms with Crippen LogP contribution in [0.2, 0.25) is 0 Å². The number of allylic oxidation sites excluding steroid dienone is 5. The van der Waals surface area contributed by atoms with Crippen LogP contribution in [0.1, 0.15) is 72.6 Å². The molecular formula is C25H34O3.